The van der Waals surface area contributed by atoms with Crippen LogP contribution in [-0.2, 0) is 10.2 Å². The summed E-state index contributed by atoms with van der Waals surface area (Å²) in [5.41, 5.74) is 3.80. The summed E-state index contributed by atoms with van der Waals surface area (Å²) in [6, 6.07) is 13.0. The van der Waals surface area contributed by atoms with Gasteiger partial charge >= 0.3 is 0 Å². The minimum absolute atomic E-state index is 0.0582. The van der Waals surface area contributed by atoms with Crippen LogP contribution >= 0.6 is 34.3 Å². The van der Waals surface area contributed by atoms with Gasteiger partial charge in [0.15, 0.2) is 5.13 Å². The summed E-state index contributed by atoms with van der Waals surface area (Å²) in [5.74, 6) is -0.316. The topological polar surface area (TPSA) is 84.0 Å². The zero-order valence-electron chi connectivity index (χ0n) is 16.2. The zero-order valence-corrected chi connectivity index (χ0v) is 18.6. The number of thiazole rings is 2. The Balaban J connectivity index is 1.36. The summed E-state index contributed by atoms with van der Waals surface area (Å²) in [5, 5.41) is 8.71. The van der Waals surface area contributed by atoms with Gasteiger partial charge in [0.1, 0.15) is 5.69 Å². The minimum Gasteiger partial charge on any atom is -0.321 e. The van der Waals surface area contributed by atoms with Crippen LogP contribution < -0.4 is 10.6 Å². The molecule has 6 nitrogen and oxygen atoms in total. The van der Waals surface area contributed by atoms with Gasteiger partial charge in [0.2, 0.25) is 5.91 Å². The first kappa shape index (κ1) is 20.1. The van der Waals surface area contributed by atoms with Crippen molar-refractivity contribution >= 4 is 67.1 Å². The van der Waals surface area contributed by atoms with E-state index in [1.165, 1.54) is 22.7 Å². The first-order valence-electron chi connectivity index (χ1n) is 9.71. The summed E-state index contributed by atoms with van der Waals surface area (Å²) in [7, 11) is 0. The van der Waals surface area contributed by atoms with Crippen LogP contribution in [0.15, 0.2) is 53.4 Å². The molecule has 2 amide bonds. The van der Waals surface area contributed by atoms with Crippen molar-refractivity contribution in [2.45, 2.75) is 24.7 Å². The van der Waals surface area contributed by atoms with Crippen molar-refractivity contribution in [2.24, 2.45) is 0 Å². The molecule has 0 radical (unpaired) electrons. The maximum atomic E-state index is 13.2. The molecule has 2 aromatic heterocycles. The van der Waals surface area contributed by atoms with Crippen molar-refractivity contribution < 1.29 is 9.59 Å². The standard InChI is InChI=1S/C22H17ClN4O2S2/c23-14-4-1-3-13(9-14)22(7-2-8-22)20(29)27-21-26-16-6-5-15(10-18(16)31-21)25-19(28)17-11-30-12-24-17/h1,3-6,9-12H,2,7-8H2,(H,25,28)(H,26,27,29). The lowest BCUT2D eigenvalue weighted by Crippen LogP contribution is -2.46. The van der Waals surface area contributed by atoms with Gasteiger partial charge in [-0.1, -0.05) is 41.5 Å². The molecule has 0 atom stereocenters. The molecule has 0 unspecified atom stereocenters. The first-order valence-corrected chi connectivity index (χ1v) is 11.8. The highest BCUT2D eigenvalue weighted by atomic mass is 35.5. The van der Waals surface area contributed by atoms with Crippen LogP contribution in [0.4, 0.5) is 10.8 Å². The first-order chi connectivity index (χ1) is 15.0. The maximum absolute atomic E-state index is 13.2. The number of aromatic nitrogens is 2. The number of hydrogen-bond acceptors (Lipinski definition) is 6. The lowest BCUT2D eigenvalue weighted by Gasteiger charge is -2.40. The van der Waals surface area contributed by atoms with Gasteiger partial charge in [-0.2, -0.15) is 0 Å². The summed E-state index contributed by atoms with van der Waals surface area (Å²) in [6.07, 6.45) is 2.58. The molecular formula is C22H17ClN4O2S2. The molecule has 156 valence electrons. The lowest BCUT2D eigenvalue weighted by molar-refractivity contribution is -0.124. The van der Waals surface area contributed by atoms with Gasteiger partial charge in [0.25, 0.3) is 5.91 Å². The smallest absolute Gasteiger partial charge is 0.275 e. The molecule has 2 heterocycles. The van der Waals surface area contributed by atoms with Crippen molar-refractivity contribution in [2.75, 3.05) is 10.6 Å². The van der Waals surface area contributed by atoms with Crippen molar-refractivity contribution in [1.29, 1.82) is 0 Å². The number of anilines is 2. The Kier molecular flexibility index (Phi) is 5.21. The van der Waals surface area contributed by atoms with Crippen LogP contribution in [0.3, 0.4) is 0 Å². The van der Waals surface area contributed by atoms with Gasteiger partial charge in [0.05, 0.1) is 21.1 Å². The molecule has 1 saturated carbocycles. The largest absolute Gasteiger partial charge is 0.321 e. The van der Waals surface area contributed by atoms with E-state index >= 15 is 0 Å². The molecule has 1 fully saturated rings. The molecule has 2 aromatic carbocycles. The molecular weight excluding hydrogens is 452 g/mol. The predicted molar refractivity (Wildman–Crippen MR) is 125 cm³/mol. The van der Waals surface area contributed by atoms with Crippen LogP contribution in [-0.4, -0.2) is 21.8 Å². The lowest BCUT2D eigenvalue weighted by atomic mass is 9.64. The summed E-state index contributed by atoms with van der Waals surface area (Å²) < 4.78 is 0.872. The summed E-state index contributed by atoms with van der Waals surface area (Å²) >= 11 is 8.91. The minimum atomic E-state index is -0.560. The fourth-order valence-corrected chi connectivity index (χ4v) is 5.38. The molecule has 1 aliphatic carbocycles. The molecule has 9 heteroatoms. The quantitative estimate of drug-likeness (QED) is 0.392. The number of nitrogens with zero attached hydrogens (tertiary/aromatic N) is 2. The Morgan fingerprint density at radius 3 is 2.68 bits per heavy atom. The average molecular weight is 469 g/mol. The molecule has 1 aliphatic rings. The van der Waals surface area contributed by atoms with Gasteiger partial charge in [-0.15, -0.1) is 11.3 Å². The number of amides is 2. The van der Waals surface area contributed by atoms with Crippen LogP contribution in [0.1, 0.15) is 35.3 Å². The van der Waals surface area contributed by atoms with Crippen molar-refractivity contribution in [1.82, 2.24) is 9.97 Å². The van der Waals surface area contributed by atoms with E-state index in [-0.39, 0.29) is 11.8 Å². The maximum Gasteiger partial charge on any atom is 0.275 e. The fourth-order valence-electron chi connectivity index (χ4n) is 3.76. The SMILES string of the molecule is O=C(Nc1ccc2nc(NC(=O)C3(c4cccc(Cl)c4)CCC3)sc2c1)c1cscn1. The number of halogens is 1. The van der Waals surface area contributed by atoms with E-state index in [1.807, 2.05) is 36.4 Å². The summed E-state index contributed by atoms with van der Waals surface area (Å²) in [6.45, 7) is 0. The monoisotopic (exact) mass is 468 g/mol. The summed E-state index contributed by atoms with van der Waals surface area (Å²) in [4.78, 5) is 34.0. The number of nitrogens with one attached hydrogen (secondary N) is 2. The second kappa shape index (κ2) is 8.03. The fraction of sp³-hybridized carbons (Fsp3) is 0.182. The Hall–Kier alpha value is -2.81. The van der Waals surface area contributed by atoms with Crippen molar-refractivity contribution in [3.63, 3.8) is 0 Å². The number of rotatable bonds is 5. The third-order valence-corrected chi connectivity index (χ3v) is 7.31. The third kappa shape index (κ3) is 3.82. The van der Waals surface area contributed by atoms with E-state index in [0.29, 0.717) is 21.5 Å². The highest BCUT2D eigenvalue weighted by Gasteiger charge is 2.46. The highest BCUT2D eigenvalue weighted by Crippen LogP contribution is 2.45. The van der Waals surface area contributed by atoms with Gasteiger partial charge in [-0.25, -0.2) is 9.97 Å². The molecule has 4 aromatic rings. The molecule has 0 saturated heterocycles. The normalized spacial score (nSPS) is 14.7. The second-order valence-electron chi connectivity index (χ2n) is 7.43. The Morgan fingerprint density at radius 2 is 1.97 bits per heavy atom. The Bertz CT molecular complexity index is 1280. The number of hydrogen-bond donors (Lipinski definition) is 2. The molecule has 0 bridgehead atoms. The van der Waals surface area contributed by atoms with E-state index in [4.69, 9.17) is 11.6 Å². The van der Waals surface area contributed by atoms with E-state index in [2.05, 4.69) is 20.6 Å². The van der Waals surface area contributed by atoms with Crippen LogP contribution in [0.2, 0.25) is 5.02 Å². The Labute approximate surface area is 191 Å². The van der Waals surface area contributed by atoms with Crippen LogP contribution in [0, 0.1) is 0 Å². The van der Waals surface area contributed by atoms with Gasteiger partial charge < -0.3 is 10.6 Å². The third-order valence-electron chi connectivity index (χ3n) is 5.55. The van der Waals surface area contributed by atoms with Gasteiger partial charge in [-0.05, 0) is 48.7 Å². The van der Waals surface area contributed by atoms with Crippen LogP contribution in [0.25, 0.3) is 10.2 Å². The van der Waals surface area contributed by atoms with Gasteiger partial charge in [0, 0.05) is 16.1 Å². The molecule has 31 heavy (non-hydrogen) atoms. The Morgan fingerprint density at radius 1 is 1.10 bits per heavy atom. The predicted octanol–water partition coefficient (Wildman–Crippen LogP) is 5.72. The number of benzene rings is 2. The highest BCUT2D eigenvalue weighted by molar-refractivity contribution is 7.22. The van der Waals surface area contributed by atoms with E-state index in [0.717, 1.165) is 35.0 Å². The molecule has 0 aliphatic heterocycles. The molecule has 2 N–H and O–H groups in total. The zero-order chi connectivity index (χ0) is 21.4. The second-order valence-corrected chi connectivity index (χ2v) is 9.62. The molecule has 0 spiro atoms. The van der Waals surface area contributed by atoms with Crippen molar-refractivity contribution in [3.05, 3.63) is 69.6 Å². The average Bonchev–Trinajstić information content (AvgIpc) is 3.36. The molecule has 5 rings (SSSR count). The number of carbonyl (C=O) groups is 2. The van der Waals surface area contributed by atoms with E-state index in [1.54, 1.807) is 17.0 Å². The van der Waals surface area contributed by atoms with Crippen molar-refractivity contribution in [3.8, 4) is 0 Å². The van der Waals surface area contributed by atoms with E-state index < -0.39 is 5.41 Å². The van der Waals surface area contributed by atoms with Gasteiger partial charge in [-0.3, -0.25) is 9.59 Å². The number of fused-ring (bicyclic) bond motifs is 1. The van der Waals surface area contributed by atoms with Crippen LogP contribution in [0.5, 0.6) is 0 Å². The number of carbonyl (C=O) groups excluding carboxylic acids is 2. The van der Waals surface area contributed by atoms with E-state index in [9.17, 15) is 9.59 Å².